The molecule has 0 aliphatic carbocycles. The zero-order chi connectivity index (χ0) is 14.5. The predicted molar refractivity (Wildman–Crippen MR) is 80.0 cm³/mol. The van der Waals surface area contributed by atoms with Gasteiger partial charge in [0.25, 0.3) is 0 Å². The molecule has 0 heterocycles. The van der Waals surface area contributed by atoms with Crippen LogP contribution in [0.1, 0.15) is 5.56 Å². The molecule has 0 aliphatic rings. The van der Waals surface area contributed by atoms with Crippen molar-refractivity contribution in [1.29, 1.82) is 5.26 Å². The Balaban J connectivity index is 2.14. The summed E-state index contributed by atoms with van der Waals surface area (Å²) in [5.41, 5.74) is 1.76. The number of anilines is 2. The molecule has 2 aromatic rings. The second kappa shape index (κ2) is 6.09. The highest BCUT2D eigenvalue weighted by molar-refractivity contribution is 6.30. The molecule has 20 heavy (non-hydrogen) atoms. The molecule has 0 radical (unpaired) electrons. The molecule has 0 saturated carbocycles. The van der Waals surface area contributed by atoms with Gasteiger partial charge in [-0.1, -0.05) is 23.7 Å². The Hall–Kier alpha value is -2.51. The van der Waals surface area contributed by atoms with Crippen LogP contribution < -0.4 is 10.2 Å². The Morgan fingerprint density at radius 2 is 2.00 bits per heavy atom. The Labute approximate surface area is 122 Å². The van der Waals surface area contributed by atoms with E-state index in [1.54, 1.807) is 55.6 Å². The fourth-order valence-corrected chi connectivity index (χ4v) is 1.87. The van der Waals surface area contributed by atoms with E-state index in [0.717, 1.165) is 0 Å². The van der Waals surface area contributed by atoms with E-state index >= 15 is 0 Å². The predicted octanol–water partition coefficient (Wildman–Crippen LogP) is 3.88. The molecule has 1 N–H and O–H groups in total. The van der Waals surface area contributed by atoms with Crippen LogP contribution in [-0.4, -0.2) is 13.1 Å². The Morgan fingerprint density at radius 3 is 2.70 bits per heavy atom. The number of hydrogen-bond acceptors (Lipinski definition) is 2. The van der Waals surface area contributed by atoms with E-state index in [0.29, 0.717) is 22.0 Å². The number of benzene rings is 2. The first-order chi connectivity index (χ1) is 9.60. The van der Waals surface area contributed by atoms with Crippen LogP contribution in [0.3, 0.4) is 0 Å². The van der Waals surface area contributed by atoms with Crippen LogP contribution in [0.5, 0.6) is 0 Å². The second-order valence-corrected chi connectivity index (χ2v) is 4.60. The minimum absolute atomic E-state index is 0.303. The van der Waals surface area contributed by atoms with Crippen LogP contribution >= 0.6 is 11.6 Å². The summed E-state index contributed by atoms with van der Waals surface area (Å²) in [6, 6.07) is 15.5. The quantitative estimate of drug-likeness (QED) is 0.910. The average molecular weight is 286 g/mol. The van der Waals surface area contributed by atoms with Gasteiger partial charge in [0.2, 0.25) is 0 Å². The van der Waals surface area contributed by atoms with Gasteiger partial charge in [-0.25, -0.2) is 4.79 Å². The van der Waals surface area contributed by atoms with E-state index < -0.39 is 0 Å². The third-order valence-electron chi connectivity index (χ3n) is 2.74. The molecule has 2 rings (SSSR count). The minimum atomic E-state index is -0.303. The number of nitrogens with one attached hydrogen (secondary N) is 1. The molecule has 0 bridgehead atoms. The number of carbonyl (C=O) groups is 1. The van der Waals surface area contributed by atoms with Crippen molar-refractivity contribution in [3.63, 3.8) is 0 Å². The lowest BCUT2D eigenvalue weighted by Gasteiger charge is -2.18. The standard InChI is InChI=1S/C15H12ClN3O/c1-19(14-7-2-4-11(8-14)10-17)15(20)18-13-6-3-5-12(16)9-13/h2-9H,1H3,(H,18,20). The Kier molecular flexibility index (Phi) is 4.24. The minimum Gasteiger partial charge on any atom is -0.307 e. The summed E-state index contributed by atoms with van der Waals surface area (Å²) < 4.78 is 0. The smallest absolute Gasteiger partial charge is 0.307 e. The number of rotatable bonds is 2. The first-order valence-electron chi connectivity index (χ1n) is 5.90. The number of urea groups is 1. The molecule has 0 spiro atoms. The van der Waals surface area contributed by atoms with Crippen LogP contribution in [0.25, 0.3) is 0 Å². The number of halogens is 1. The number of hydrogen-bond donors (Lipinski definition) is 1. The van der Waals surface area contributed by atoms with E-state index in [-0.39, 0.29) is 6.03 Å². The van der Waals surface area contributed by atoms with Gasteiger partial charge in [-0.15, -0.1) is 0 Å². The molecule has 0 unspecified atom stereocenters. The molecular weight excluding hydrogens is 274 g/mol. The number of amides is 2. The van der Waals surface area contributed by atoms with Gasteiger partial charge in [-0.3, -0.25) is 4.90 Å². The van der Waals surface area contributed by atoms with Crippen molar-refractivity contribution in [2.24, 2.45) is 0 Å². The van der Waals surface area contributed by atoms with Gasteiger partial charge in [0, 0.05) is 23.4 Å². The van der Waals surface area contributed by atoms with Gasteiger partial charge in [-0.2, -0.15) is 5.26 Å². The van der Waals surface area contributed by atoms with Gasteiger partial charge in [0.05, 0.1) is 11.6 Å². The van der Waals surface area contributed by atoms with Crippen LogP contribution in [0.4, 0.5) is 16.2 Å². The van der Waals surface area contributed by atoms with Crippen LogP contribution in [0.15, 0.2) is 48.5 Å². The monoisotopic (exact) mass is 285 g/mol. The fourth-order valence-electron chi connectivity index (χ4n) is 1.67. The molecule has 100 valence electrons. The normalized spacial score (nSPS) is 9.65. The highest BCUT2D eigenvalue weighted by Gasteiger charge is 2.11. The molecule has 0 aliphatic heterocycles. The molecule has 0 atom stereocenters. The maximum atomic E-state index is 12.1. The molecule has 2 amide bonds. The molecule has 2 aromatic carbocycles. The maximum Gasteiger partial charge on any atom is 0.326 e. The summed E-state index contributed by atoms with van der Waals surface area (Å²) in [6.45, 7) is 0. The van der Waals surface area contributed by atoms with Gasteiger partial charge >= 0.3 is 6.03 Å². The summed E-state index contributed by atoms with van der Waals surface area (Å²) >= 11 is 5.86. The fraction of sp³-hybridized carbons (Fsp3) is 0.0667. The van der Waals surface area contributed by atoms with Crippen molar-refractivity contribution in [3.8, 4) is 6.07 Å². The van der Waals surface area contributed by atoms with Gasteiger partial charge in [0.15, 0.2) is 0 Å². The average Bonchev–Trinajstić information content (AvgIpc) is 2.46. The lowest BCUT2D eigenvalue weighted by atomic mass is 10.2. The topological polar surface area (TPSA) is 56.1 Å². The summed E-state index contributed by atoms with van der Waals surface area (Å²) in [7, 11) is 1.64. The zero-order valence-corrected chi connectivity index (χ0v) is 11.6. The molecule has 0 saturated heterocycles. The van der Waals surface area contributed by atoms with Crippen molar-refractivity contribution >= 4 is 29.0 Å². The van der Waals surface area contributed by atoms with Gasteiger partial charge < -0.3 is 5.32 Å². The SMILES string of the molecule is CN(C(=O)Nc1cccc(Cl)c1)c1cccc(C#N)c1. The Morgan fingerprint density at radius 1 is 1.25 bits per heavy atom. The Bertz CT molecular complexity index is 679. The highest BCUT2D eigenvalue weighted by atomic mass is 35.5. The molecular formula is C15H12ClN3O. The van der Waals surface area contributed by atoms with Crippen molar-refractivity contribution < 1.29 is 4.79 Å². The van der Waals surface area contributed by atoms with E-state index in [1.807, 2.05) is 6.07 Å². The van der Waals surface area contributed by atoms with E-state index in [2.05, 4.69) is 5.32 Å². The second-order valence-electron chi connectivity index (χ2n) is 4.16. The first kappa shape index (κ1) is 13.9. The molecule has 0 fully saturated rings. The summed E-state index contributed by atoms with van der Waals surface area (Å²) in [5.74, 6) is 0. The highest BCUT2D eigenvalue weighted by Crippen LogP contribution is 2.18. The van der Waals surface area contributed by atoms with E-state index in [1.165, 1.54) is 4.90 Å². The van der Waals surface area contributed by atoms with Crippen LogP contribution in [-0.2, 0) is 0 Å². The number of carbonyl (C=O) groups excluding carboxylic acids is 1. The third kappa shape index (κ3) is 3.28. The molecule has 4 nitrogen and oxygen atoms in total. The zero-order valence-electron chi connectivity index (χ0n) is 10.8. The van der Waals surface area contributed by atoms with Crippen LogP contribution in [0.2, 0.25) is 5.02 Å². The van der Waals surface area contributed by atoms with Crippen molar-refractivity contribution in [3.05, 3.63) is 59.1 Å². The van der Waals surface area contributed by atoms with Gasteiger partial charge in [-0.05, 0) is 36.4 Å². The van der Waals surface area contributed by atoms with Crippen molar-refractivity contribution in [2.75, 3.05) is 17.3 Å². The summed E-state index contributed by atoms with van der Waals surface area (Å²) in [6.07, 6.45) is 0. The number of nitriles is 1. The molecule has 5 heteroatoms. The largest absolute Gasteiger partial charge is 0.326 e. The number of nitrogens with zero attached hydrogens (tertiary/aromatic N) is 2. The van der Waals surface area contributed by atoms with Crippen molar-refractivity contribution in [2.45, 2.75) is 0 Å². The van der Waals surface area contributed by atoms with Crippen LogP contribution in [0, 0.1) is 11.3 Å². The lowest BCUT2D eigenvalue weighted by molar-refractivity contribution is 0.258. The lowest BCUT2D eigenvalue weighted by Crippen LogP contribution is -2.31. The van der Waals surface area contributed by atoms with Crippen molar-refractivity contribution in [1.82, 2.24) is 0 Å². The molecule has 0 aromatic heterocycles. The maximum absolute atomic E-state index is 12.1. The van der Waals surface area contributed by atoms with Gasteiger partial charge in [0.1, 0.15) is 0 Å². The summed E-state index contributed by atoms with van der Waals surface area (Å²) in [4.78, 5) is 13.5. The van der Waals surface area contributed by atoms with E-state index in [4.69, 9.17) is 16.9 Å². The summed E-state index contributed by atoms with van der Waals surface area (Å²) in [5, 5.41) is 12.2. The first-order valence-corrected chi connectivity index (χ1v) is 6.28. The van der Waals surface area contributed by atoms with E-state index in [9.17, 15) is 4.79 Å². The third-order valence-corrected chi connectivity index (χ3v) is 2.98.